The number of aromatic nitrogens is 4. The van der Waals surface area contributed by atoms with Gasteiger partial charge in [-0.1, -0.05) is 30.8 Å². The summed E-state index contributed by atoms with van der Waals surface area (Å²) in [4.78, 5) is 22.8. The van der Waals surface area contributed by atoms with Crippen LogP contribution in [-0.2, 0) is 19.4 Å². The van der Waals surface area contributed by atoms with Gasteiger partial charge in [-0.3, -0.25) is 4.79 Å². The molecule has 3 heterocycles. The maximum absolute atomic E-state index is 12.9. The Bertz CT molecular complexity index is 1370. The first-order chi connectivity index (χ1) is 15.9. The van der Waals surface area contributed by atoms with E-state index in [0.29, 0.717) is 22.9 Å². The van der Waals surface area contributed by atoms with Crippen LogP contribution in [0.5, 0.6) is 5.75 Å². The minimum Gasteiger partial charge on any atom is -0.484 e. The van der Waals surface area contributed by atoms with E-state index in [1.807, 2.05) is 39.0 Å². The fraction of sp³-hybridized carbons (Fsp3) is 0.417. The van der Waals surface area contributed by atoms with Gasteiger partial charge in [0.1, 0.15) is 16.4 Å². The van der Waals surface area contributed by atoms with Crippen LogP contribution in [0.1, 0.15) is 58.8 Å². The van der Waals surface area contributed by atoms with Crippen molar-refractivity contribution in [2.75, 3.05) is 0 Å². The van der Waals surface area contributed by atoms with Gasteiger partial charge in [0.05, 0.1) is 10.6 Å². The monoisotopic (exact) mass is 482 g/mol. The molecule has 33 heavy (non-hydrogen) atoms. The van der Waals surface area contributed by atoms with E-state index in [1.54, 1.807) is 11.3 Å². The summed E-state index contributed by atoms with van der Waals surface area (Å²) in [6, 6.07) is 6.06. The van der Waals surface area contributed by atoms with Gasteiger partial charge in [0, 0.05) is 4.88 Å². The number of thioether (sulfide) groups is 1. The van der Waals surface area contributed by atoms with Crippen molar-refractivity contribution in [1.29, 1.82) is 0 Å². The topological polar surface area (TPSA) is 93.9 Å². The van der Waals surface area contributed by atoms with Crippen molar-refractivity contribution in [3.05, 3.63) is 61.8 Å². The normalized spacial score (nSPS) is 16.7. The average Bonchev–Trinajstić information content (AvgIpc) is 3.37. The van der Waals surface area contributed by atoms with Gasteiger partial charge in [-0.05, 0) is 68.7 Å². The van der Waals surface area contributed by atoms with Gasteiger partial charge >= 0.3 is 0 Å². The number of aromatic amines is 1. The number of hydrogen-bond acceptors (Lipinski definition) is 8. The Morgan fingerprint density at radius 2 is 2.18 bits per heavy atom. The van der Waals surface area contributed by atoms with Crippen LogP contribution >= 0.6 is 23.1 Å². The summed E-state index contributed by atoms with van der Waals surface area (Å²) in [5.74, 6) is 2.49. The van der Waals surface area contributed by atoms with Gasteiger partial charge < -0.3 is 14.1 Å². The molecule has 0 amide bonds. The number of nitrogens with zero attached hydrogens (tertiary/aromatic N) is 3. The largest absolute Gasteiger partial charge is 0.484 e. The van der Waals surface area contributed by atoms with Crippen molar-refractivity contribution in [2.45, 2.75) is 64.0 Å². The number of H-pyrrole nitrogens is 1. The van der Waals surface area contributed by atoms with E-state index in [4.69, 9.17) is 14.1 Å². The zero-order chi connectivity index (χ0) is 23.1. The van der Waals surface area contributed by atoms with E-state index >= 15 is 0 Å². The second kappa shape index (κ2) is 8.95. The lowest BCUT2D eigenvalue weighted by Gasteiger charge is -2.17. The molecule has 1 aliphatic rings. The predicted octanol–water partition coefficient (Wildman–Crippen LogP) is 5.54. The van der Waals surface area contributed by atoms with Crippen LogP contribution in [0.15, 0.2) is 32.6 Å². The molecule has 0 saturated carbocycles. The quantitative estimate of drug-likeness (QED) is 0.361. The molecule has 172 valence electrons. The summed E-state index contributed by atoms with van der Waals surface area (Å²) < 4.78 is 11.6. The third-order valence-electron chi connectivity index (χ3n) is 5.99. The summed E-state index contributed by atoms with van der Waals surface area (Å²) in [6.45, 7) is 8.46. The minimum atomic E-state index is -0.145. The Morgan fingerprint density at radius 1 is 1.33 bits per heavy atom. The average molecular weight is 483 g/mol. The van der Waals surface area contributed by atoms with Crippen molar-refractivity contribution in [1.82, 2.24) is 20.2 Å². The molecule has 1 N–H and O–H groups in total. The van der Waals surface area contributed by atoms with Crippen LogP contribution in [0.25, 0.3) is 10.2 Å². The first-order valence-corrected chi connectivity index (χ1v) is 12.8. The van der Waals surface area contributed by atoms with Crippen LogP contribution in [-0.4, -0.2) is 20.2 Å². The predicted molar refractivity (Wildman–Crippen MR) is 130 cm³/mol. The highest BCUT2D eigenvalue weighted by Crippen LogP contribution is 2.37. The second-order valence-corrected chi connectivity index (χ2v) is 11.1. The van der Waals surface area contributed by atoms with E-state index in [2.05, 4.69) is 22.1 Å². The van der Waals surface area contributed by atoms with Crippen molar-refractivity contribution >= 4 is 33.3 Å². The third-order valence-corrected chi connectivity index (χ3v) is 8.08. The third kappa shape index (κ3) is 4.56. The molecule has 0 aliphatic heterocycles. The number of rotatable bonds is 6. The molecule has 0 bridgehead atoms. The van der Waals surface area contributed by atoms with Gasteiger partial charge in [0.2, 0.25) is 0 Å². The van der Waals surface area contributed by atoms with E-state index in [1.165, 1.54) is 22.2 Å². The van der Waals surface area contributed by atoms with Gasteiger partial charge in [-0.2, -0.15) is 0 Å². The standard InChI is InChI=1S/C24H26N4O3S2/c1-12-5-7-14(3)17(9-12)30-11-19-27-28-24(31-19)32-15(4)21-25-22(29)20-16-8-6-13(2)10-18(16)33-23(20)26-21/h5,7,9,13,15H,6,8,10-11H2,1-4H3,(H,25,26,29)/t13-,15+/m0/s1. The van der Waals surface area contributed by atoms with Crippen molar-refractivity contribution < 1.29 is 9.15 Å². The molecule has 9 heteroatoms. The van der Waals surface area contributed by atoms with Crippen LogP contribution in [0.4, 0.5) is 0 Å². The van der Waals surface area contributed by atoms with Gasteiger partial charge in [0.25, 0.3) is 16.7 Å². The van der Waals surface area contributed by atoms with Gasteiger partial charge in [-0.25, -0.2) is 4.98 Å². The van der Waals surface area contributed by atoms with Crippen molar-refractivity contribution in [3.8, 4) is 5.75 Å². The lowest BCUT2D eigenvalue weighted by Crippen LogP contribution is -2.15. The Labute approximate surface area is 200 Å². The van der Waals surface area contributed by atoms with Gasteiger partial charge in [-0.15, -0.1) is 21.5 Å². The number of benzene rings is 1. The highest BCUT2D eigenvalue weighted by atomic mass is 32.2. The fourth-order valence-electron chi connectivity index (χ4n) is 4.11. The summed E-state index contributed by atoms with van der Waals surface area (Å²) >= 11 is 3.03. The molecule has 2 atom stereocenters. The fourth-order valence-corrected chi connectivity index (χ4v) is 6.26. The zero-order valence-electron chi connectivity index (χ0n) is 19.1. The number of fused-ring (bicyclic) bond motifs is 3. The Kier molecular flexibility index (Phi) is 6.01. The number of ether oxygens (including phenoxy) is 1. The molecule has 0 fully saturated rings. The van der Waals surface area contributed by atoms with Crippen molar-refractivity contribution in [3.63, 3.8) is 0 Å². The summed E-state index contributed by atoms with van der Waals surface area (Å²) in [7, 11) is 0. The summed E-state index contributed by atoms with van der Waals surface area (Å²) in [6.07, 6.45) is 3.11. The molecule has 0 saturated heterocycles. The molecule has 0 unspecified atom stereocenters. The summed E-state index contributed by atoms with van der Waals surface area (Å²) in [5.41, 5.74) is 3.32. The SMILES string of the molecule is Cc1ccc(C)c(OCc2nnc(S[C@H](C)c3nc4sc5c(c4c(=O)[nH]3)CC[C@H](C)C5)o2)c1. The Morgan fingerprint density at radius 3 is 3.03 bits per heavy atom. The highest BCUT2D eigenvalue weighted by Gasteiger charge is 2.24. The van der Waals surface area contributed by atoms with E-state index in [9.17, 15) is 4.79 Å². The molecule has 7 nitrogen and oxygen atoms in total. The molecule has 3 aromatic heterocycles. The van der Waals surface area contributed by atoms with E-state index in [0.717, 1.165) is 46.4 Å². The van der Waals surface area contributed by atoms with Crippen molar-refractivity contribution in [2.24, 2.45) is 5.92 Å². The number of nitrogens with one attached hydrogen (secondary N) is 1. The Hall–Kier alpha value is -2.65. The molecule has 4 aromatic rings. The molecular formula is C24H26N4O3S2. The molecule has 1 aromatic carbocycles. The molecule has 5 rings (SSSR count). The smallest absolute Gasteiger partial charge is 0.277 e. The van der Waals surface area contributed by atoms with Crippen LogP contribution in [0, 0.1) is 19.8 Å². The maximum Gasteiger partial charge on any atom is 0.277 e. The molecule has 0 spiro atoms. The Balaban J connectivity index is 1.30. The van der Waals surface area contributed by atoms with Crippen LogP contribution < -0.4 is 10.3 Å². The second-order valence-electron chi connectivity index (χ2n) is 8.76. The number of thiophene rings is 1. The minimum absolute atomic E-state index is 0.0531. The highest BCUT2D eigenvalue weighted by molar-refractivity contribution is 7.99. The maximum atomic E-state index is 12.9. The lowest BCUT2D eigenvalue weighted by molar-refractivity contribution is 0.250. The first-order valence-electron chi connectivity index (χ1n) is 11.1. The zero-order valence-corrected chi connectivity index (χ0v) is 20.7. The van der Waals surface area contributed by atoms with Crippen LogP contribution in [0.3, 0.4) is 0 Å². The number of aryl methyl sites for hydroxylation is 3. The van der Waals surface area contributed by atoms with E-state index in [-0.39, 0.29) is 17.4 Å². The summed E-state index contributed by atoms with van der Waals surface area (Å²) in [5, 5.41) is 9.27. The van der Waals surface area contributed by atoms with Crippen LogP contribution in [0.2, 0.25) is 0 Å². The lowest BCUT2D eigenvalue weighted by atomic mass is 9.89. The van der Waals surface area contributed by atoms with E-state index < -0.39 is 0 Å². The number of hydrogen-bond donors (Lipinski definition) is 1. The first kappa shape index (κ1) is 22.2. The molecule has 1 aliphatic carbocycles. The molecular weight excluding hydrogens is 456 g/mol. The molecule has 0 radical (unpaired) electrons. The van der Waals surface area contributed by atoms with Gasteiger partial charge in [0.15, 0.2) is 6.61 Å².